The van der Waals surface area contributed by atoms with Crippen LogP contribution in [0.25, 0.3) is 0 Å². The van der Waals surface area contributed by atoms with Gasteiger partial charge in [0.05, 0.1) is 26.4 Å². The minimum Gasteiger partial charge on any atom is -0.495 e. The molecule has 102 valence electrons. The SMILES string of the molecule is COc1cc(OC)c(OC)c(C2(N=C=O)CC2)c1Cl. The molecule has 0 aliphatic heterocycles. The molecule has 0 N–H and O–H groups in total. The van der Waals surface area contributed by atoms with E-state index >= 15 is 0 Å². The third kappa shape index (κ3) is 2.15. The summed E-state index contributed by atoms with van der Waals surface area (Å²) in [5.41, 5.74) is -0.0392. The maximum absolute atomic E-state index is 10.6. The third-order valence-electron chi connectivity index (χ3n) is 3.24. The van der Waals surface area contributed by atoms with Gasteiger partial charge in [0, 0.05) is 11.6 Å². The molecule has 0 bridgehead atoms. The molecule has 0 radical (unpaired) electrons. The molecule has 0 atom stereocenters. The molecule has 1 fully saturated rings. The van der Waals surface area contributed by atoms with Gasteiger partial charge in [0.1, 0.15) is 11.3 Å². The average Bonchev–Trinajstić information content (AvgIpc) is 3.18. The highest BCUT2D eigenvalue weighted by Gasteiger charge is 2.49. The minimum absolute atomic E-state index is 0.386. The Hall–Kier alpha value is -1.71. The third-order valence-corrected chi connectivity index (χ3v) is 3.62. The summed E-state index contributed by atoms with van der Waals surface area (Å²) in [5, 5.41) is 0.386. The Morgan fingerprint density at radius 3 is 2.26 bits per heavy atom. The molecule has 1 aromatic rings. The zero-order valence-electron chi connectivity index (χ0n) is 10.9. The standard InChI is InChI=1S/C13H14ClNO4/c1-17-8-6-9(18-2)12(19-3)10(11(8)14)13(4-5-13)15-7-16/h6H,4-5H2,1-3H3. The fourth-order valence-corrected chi connectivity index (χ4v) is 2.53. The van der Waals surface area contributed by atoms with Crippen LogP contribution >= 0.6 is 11.6 Å². The molecule has 0 unspecified atom stereocenters. The number of nitrogens with zero attached hydrogens (tertiary/aromatic N) is 1. The lowest BCUT2D eigenvalue weighted by molar-refractivity contribution is 0.342. The Labute approximate surface area is 116 Å². The Morgan fingerprint density at radius 1 is 1.21 bits per heavy atom. The molecule has 5 nitrogen and oxygen atoms in total. The number of ether oxygens (including phenoxy) is 3. The second-order valence-electron chi connectivity index (χ2n) is 4.24. The van der Waals surface area contributed by atoms with Gasteiger partial charge < -0.3 is 14.2 Å². The number of benzene rings is 1. The fraction of sp³-hybridized carbons (Fsp3) is 0.462. The van der Waals surface area contributed by atoms with Crippen LogP contribution in [0.4, 0.5) is 0 Å². The summed E-state index contributed by atoms with van der Waals surface area (Å²) >= 11 is 6.33. The molecule has 0 spiro atoms. The van der Waals surface area contributed by atoms with Crippen molar-refractivity contribution in [2.75, 3.05) is 21.3 Å². The highest BCUT2D eigenvalue weighted by atomic mass is 35.5. The van der Waals surface area contributed by atoms with Crippen molar-refractivity contribution in [1.82, 2.24) is 0 Å². The van der Waals surface area contributed by atoms with Crippen molar-refractivity contribution >= 4 is 17.7 Å². The van der Waals surface area contributed by atoms with Crippen LogP contribution in [0.5, 0.6) is 17.2 Å². The summed E-state index contributed by atoms with van der Waals surface area (Å²) in [7, 11) is 4.56. The average molecular weight is 284 g/mol. The predicted molar refractivity (Wildman–Crippen MR) is 70.1 cm³/mol. The summed E-state index contributed by atoms with van der Waals surface area (Å²) < 4.78 is 15.9. The molecule has 2 rings (SSSR count). The van der Waals surface area contributed by atoms with Crippen LogP contribution in [0.3, 0.4) is 0 Å². The molecule has 0 saturated heterocycles. The van der Waals surface area contributed by atoms with E-state index in [0.717, 1.165) is 0 Å². The molecule has 6 heteroatoms. The molecule has 1 aromatic carbocycles. The number of isocyanates is 1. The van der Waals surface area contributed by atoms with Gasteiger partial charge in [0.2, 0.25) is 6.08 Å². The van der Waals surface area contributed by atoms with E-state index in [1.165, 1.54) is 21.3 Å². The molecule has 0 amide bonds. The summed E-state index contributed by atoms with van der Waals surface area (Å²) in [5.74, 6) is 1.43. The molecule has 1 aliphatic carbocycles. The number of aliphatic imine (C=N–C) groups is 1. The number of hydrogen-bond donors (Lipinski definition) is 0. The first-order chi connectivity index (χ1) is 9.13. The van der Waals surface area contributed by atoms with Gasteiger partial charge in [-0.05, 0) is 12.8 Å². The molecule has 0 aromatic heterocycles. The lowest BCUT2D eigenvalue weighted by Crippen LogP contribution is -2.08. The van der Waals surface area contributed by atoms with Crippen LogP contribution in [0.1, 0.15) is 18.4 Å². The van der Waals surface area contributed by atoms with E-state index in [0.29, 0.717) is 40.7 Å². The molecule has 19 heavy (non-hydrogen) atoms. The maximum atomic E-state index is 10.6. The number of hydrogen-bond acceptors (Lipinski definition) is 5. The monoisotopic (exact) mass is 283 g/mol. The molecule has 0 heterocycles. The summed E-state index contributed by atoms with van der Waals surface area (Å²) in [6.45, 7) is 0. The van der Waals surface area contributed by atoms with E-state index in [4.69, 9.17) is 25.8 Å². The first kappa shape index (κ1) is 13.7. The number of methoxy groups -OCH3 is 3. The molecule has 1 aliphatic rings. The van der Waals surface area contributed by atoms with Gasteiger partial charge in [-0.15, -0.1) is 0 Å². The lowest BCUT2D eigenvalue weighted by Gasteiger charge is -2.20. The Morgan fingerprint density at radius 2 is 1.84 bits per heavy atom. The van der Waals surface area contributed by atoms with Crippen LogP contribution in [0.15, 0.2) is 11.1 Å². The van der Waals surface area contributed by atoms with Crippen molar-refractivity contribution in [1.29, 1.82) is 0 Å². The zero-order valence-corrected chi connectivity index (χ0v) is 11.7. The normalized spacial score (nSPS) is 15.4. The smallest absolute Gasteiger partial charge is 0.235 e. The summed E-state index contributed by atoms with van der Waals surface area (Å²) in [6.07, 6.45) is 3.04. The van der Waals surface area contributed by atoms with Gasteiger partial charge in [0.25, 0.3) is 0 Å². The molecular weight excluding hydrogens is 270 g/mol. The summed E-state index contributed by atoms with van der Waals surface area (Å²) in [4.78, 5) is 14.5. The van der Waals surface area contributed by atoms with Gasteiger partial charge in [-0.25, -0.2) is 4.79 Å². The summed E-state index contributed by atoms with van der Waals surface area (Å²) in [6, 6.07) is 1.64. The predicted octanol–water partition coefficient (Wildman–Crippen LogP) is 2.69. The van der Waals surface area contributed by atoms with Gasteiger partial charge in [-0.2, -0.15) is 4.99 Å². The highest BCUT2D eigenvalue weighted by Crippen LogP contribution is 2.58. The van der Waals surface area contributed by atoms with Gasteiger partial charge in [-0.3, -0.25) is 0 Å². The Bertz CT molecular complexity index is 548. The number of halogens is 1. The molecular formula is C13H14ClNO4. The highest BCUT2D eigenvalue weighted by molar-refractivity contribution is 6.33. The van der Waals surface area contributed by atoms with E-state index in [-0.39, 0.29) is 0 Å². The van der Waals surface area contributed by atoms with Gasteiger partial charge in [-0.1, -0.05) is 11.6 Å². The van der Waals surface area contributed by atoms with Crippen LogP contribution in [0.2, 0.25) is 5.02 Å². The minimum atomic E-state index is -0.661. The Kier molecular flexibility index (Phi) is 3.69. The quantitative estimate of drug-likeness (QED) is 0.616. The van der Waals surface area contributed by atoms with Crippen molar-refractivity contribution in [3.05, 3.63) is 16.7 Å². The Balaban J connectivity index is 2.72. The zero-order chi connectivity index (χ0) is 14.0. The van der Waals surface area contributed by atoms with Crippen LogP contribution in [-0.4, -0.2) is 27.4 Å². The van der Waals surface area contributed by atoms with Crippen molar-refractivity contribution in [3.8, 4) is 17.2 Å². The van der Waals surface area contributed by atoms with Crippen molar-refractivity contribution < 1.29 is 19.0 Å². The van der Waals surface area contributed by atoms with Crippen LogP contribution in [0, 0.1) is 0 Å². The largest absolute Gasteiger partial charge is 0.495 e. The van der Waals surface area contributed by atoms with E-state index in [2.05, 4.69) is 4.99 Å². The van der Waals surface area contributed by atoms with E-state index < -0.39 is 5.54 Å². The second kappa shape index (κ2) is 5.11. The van der Waals surface area contributed by atoms with Gasteiger partial charge in [0.15, 0.2) is 11.5 Å². The topological polar surface area (TPSA) is 57.1 Å². The number of carbonyl (C=O) groups excluding carboxylic acids is 1. The van der Waals surface area contributed by atoms with Gasteiger partial charge >= 0.3 is 0 Å². The van der Waals surface area contributed by atoms with E-state index in [1.807, 2.05) is 0 Å². The lowest BCUT2D eigenvalue weighted by atomic mass is 10.0. The van der Waals surface area contributed by atoms with Crippen LogP contribution < -0.4 is 14.2 Å². The maximum Gasteiger partial charge on any atom is 0.235 e. The van der Waals surface area contributed by atoms with E-state index in [9.17, 15) is 4.79 Å². The second-order valence-corrected chi connectivity index (χ2v) is 4.62. The van der Waals surface area contributed by atoms with Crippen molar-refractivity contribution in [2.45, 2.75) is 18.4 Å². The van der Waals surface area contributed by atoms with E-state index in [1.54, 1.807) is 12.1 Å². The van der Waals surface area contributed by atoms with Crippen molar-refractivity contribution in [3.63, 3.8) is 0 Å². The number of rotatable bonds is 5. The first-order valence-electron chi connectivity index (χ1n) is 5.71. The van der Waals surface area contributed by atoms with Crippen LogP contribution in [-0.2, 0) is 10.3 Å². The van der Waals surface area contributed by atoms with Crippen molar-refractivity contribution in [2.24, 2.45) is 4.99 Å². The first-order valence-corrected chi connectivity index (χ1v) is 6.09. The molecule has 1 saturated carbocycles. The fourth-order valence-electron chi connectivity index (χ4n) is 2.14.